The SMILES string of the molecule is CC(C)(C)Cc1ccnc(-c2[c-]cc(CCc3cc(CCc4c[c-]c(-c5cc(CC(C)(C)C)ccn5)cc4)cc(-c4ccccc4-c4c[c-]c(-c5cc6c(cn5)c5ccccc5n6-c5ccccc5)cc4)c3)cc2)c1.[Ir+3]. The van der Waals surface area contributed by atoms with Crippen molar-refractivity contribution in [2.75, 3.05) is 0 Å². The fraction of sp³-hybridized carbons (Fsp3) is 0.197. The summed E-state index contributed by atoms with van der Waals surface area (Å²) in [6, 6.07) is 76.6. The molecule has 0 unspecified atom stereocenters. The van der Waals surface area contributed by atoms with Crippen molar-refractivity contribution in [2.24, 2.45) is 10.8 Å². The molecule has 0 radical (unpaired) electrons. The van der Waals surface area contributed by atoms with Gasteiger partial charge in [0, 0.05) is 40.6 Å². The normalized spacial score (nSPS) is 11.8. The van der Waals surface area contributed by atoms with Crippen molar-refractivity contribution < 1.29 is 20.1 Å². The average molecular weight is 1160 g/mol. The molecular weight excluding hydrogens is 1100 g/mol. The van der Waals surface area contributed by atoms with Crippen LogP contribution in [0.5, 0.6) is 0 Å². The summed E-state index contributed by atoms with van der Waals surface area (Å²) in [5.74, 6) is 0. The van der Waals surface area contributed by atoms with Crippen LogP contribution in [0, 0.1) is 29.0 Å². The molecule has 0 amide bonds. The zero-order valence-electron chi connectivity index (χ0n) is 44.4. The third-order valence-electron chi connectivity index (χ3n) is 14.1. The minimum Gasteiger partial charge on any atom is -0.310 e. The van der Waals surface area contributed by atoms with E-state index in [1.807, 2.05) is 18.6 Å². The van der Waals surface area contributed by atoms with Crippen LogP contribution in [-0.4, -0.2) is 19.5 Å². The monoisotopic (exact) mass is 1160 g/mol. The Morgan fingerprint density at radius 3 is 1.43 bits per heavy atom. The summed E-state index contributed by atoms with van der Waals surface area (Å²) in [6.07, 6.45) is 11.5. The summed E-state index contributed by atoms with van der Waals surface area (Å²) >= 11 is 0. The number of fused-ring (bicyclic) bond motifs is 3. The number of pyridine rings is 3. The van der Waals surface area contributed by atoms with Gasteiger partial charge in [-0.1, -0.05) is 174 Å². The van der Waals surface area contributed by atoms with E-state index in [2.05, 4.69) is 246 Å². The molecule has 0 aliphatic carbocycles. The molecule has 76 heavy (non-hydrogen) atoms. The molecule has 0 atom stereocenters. The van der Waals surface area contributed by atoms with Gasteiger partial charge in [0.25, 0.3) is 0 Å². The van der Waals surface area contributed by atoms with Crippen LogP contribution in [0.4, 0.5) is 0 Å². The summed E-state index contributed by atoms with van der Waals surface area (Å²) < 4.78 is 2.34. The molecule has 4 heterocycles. The van der Waals surface area contributed by atoms with Gasteiger partial charge in [-0.15, -0.1) is 101 Å². The Hall–Kier alpha value is -7.56. The molecule has 0 aliphatic heterocycles. The molecule has 0 N–H and O–H groups in total. The fourth-order valence-corrected chi connectivity index (χ4v) is 10.6. The maximum Gasteiger partial charge on any atom is 3.00 e. The molecule has 4 aromatic heterocycles. The standard InChI is InChI=1S/C71H63N4.Ir/c1-70(2,3)46-53-36-38-72-65(43-53)56-28-24-49(25-29-56)20-22-51-40-52(23-21-50-26-30-57(31-27-50)66-44-54(37-39-73-66)47-71(4,5)6)42-59(41-51)62-17-11-10-16-61(62)55-32-34-58(35-33-55)67-45-69-64(48-74-67)63-18-12-13-19-68(63)75(69)60-14-8-7-9-15-60;/h7-19,24-28,30,32-34,36-45,48H,20-23,46-47H2,1-6H3;/q-3;+3. The van der Waals surface area contributed by atoms with E-state index in [4.69, 9.17) is 15.0 Å². The summed E-state index contributed by atoms with van der Waals surface area (Å²) in [5, 5.41) is 2.32. The van der Waals surface area contributed by atoms with Crippen LogP contribution in [0.1, 0.15) is 74.9 Å². The van der Waals surface area contributed by atoms with Crippen LogP contribution < -0.4 is 0 Å². The van der Waals surface area contributed by atoms with Crippen LogP contribution in [-0.2, 0) is 58.6 Å². The maximum absolute atomic E-state index is 5.01. The number of aryl methyl sites for hydroxylation is 4. The van der Waals surface area contributed by atoms with Crippen molar-refractivity contribution >= 4 is 21.8 Å². The van der Waals surface area contributed by atoms with Gasteiger partial charge in [-0.05, 0) is 106 Å². The zero-order valence-corrected chi connectivity index (χ0v) is 46.8. The number of para-hydroxylation sites is 2. The molecule has 4 nitrogen and oxygen atoms in total. The van der Waals surface area contributed by atoms with Gasteiger partial charge in [-0.3, -0.25) is 0 Å². The number of benzene rings is 7. The van der Waals surface area contributed by atoms with Crippen molar-refractivity contribution in [3.8, 4) is 61.7 Å². The first kappa shape index (κ1) is 51.9. The van der Waals surface area contributed by atoms with E-state index >= 15 is 0 Å². The second-order valence-electron chi connectivity index (χ2n) is 22.6. The van der Waals surface area contributed by atoms with Crippen LogP contribution in [0.15, 0.2) is 201 Å². The predicted molar refractivity (Wildman–Crippen MR) is 312 cm³/mol. The van der Waals surface area contributed by atoms with Crippen LogP contribution in [0.2, 0.25) is 0 Å². The van der Waals surface area contributed by atoms with E-state index in [0.29, 0.717) is 0 Å². The van der Waals surface area contributed by atoms with E-state index < -0.39 is 0 Å². The number of hydrogen-bond donors (Lipinski definition) is 0. The minimum absolute atomic E-state index is 0. The van der Waals surface area contributed by atoms with Gasteiger partial charge in [-0.25, -0.2) is 0 Å². The third-order valence-corrected chi connectivity index (χ3v) is 14.1. The predicted octanol–water partition coefficient (Wildman–Crippen LogP) is 17.4. The summed E-state index contributed by atoms with van der Waals surface area (Å²) in [6.45, 7) is 13.7. The number of nitrogens with zero attached hydrogens (tertiary/aromatic N) is 4. The summed E-state index contributed by atoms with van der Waals surface area (Å²) in [4.78, 5) is 14.4. The first-order chi connectivity index (χ1) is 36.4. The van der Waals surface area contributed by atoms with Gasteiger partial charge < -0.3 is 19.5 Å². The molecule has 11 rings (SSSR count). The van der Waals surface area contributed by atoms with Gasteiger partial charge in [-0.2, -0.15) is 0 Å². The van der Waals surface area contributed by atoms with Crippen molar-refractivity contribution in [1.29, 1.82) is 0 Å². The topological polar surface area (TPSA) is 43.6 Å². The van der Waals surface area contributed by atoms with Crippen molar-refractivity contribution in [3.05, 3.63) is 252 Å². The van der Waals surface area contributed by atoms with E-state index in [-0.39, 0.29) is 30.9 Å². The van der Waals surface area contributed by atoms with E-state index in [9.17, 15) is 0 Å². The molecule has 0 saturated carbocycles. The molecule has 0 spiro atoms. The third kappa shape index (κ3) is 12.1. The van der Waals surface area contributed by atoms with Crippen LogP contribution in [0.3, 0.4) is 0 Å². The van der Waals surface area contributed by atoms with E-state index in [1.165, 1.54) is 61.0 Å². The molecule has 0 bridgehead atoms. The second kappa shape index (κ2) is 22.3. The maximum atomic E-state index is 5.01. The van der Waals surface area contributed by atoms with E-state index in [1.54, 1.807) is 0 Å². The quantitative estimate of drug-likeness (QED) is 0.102. The van der Waals surface area contributed by atoms with Crippen molar-refractivity contribution in [2.45, 2.75) is 80.1 Å². The molecule has 7 aromatic carbocycles. The first-order valence-electron chi connectivity index (χ1n) is 26.5. The first-order valence-corrected chi connectivity index (χ1v) is 26.5. The van der Waals surface area contributed by atoms with E-state index in [0.717, 1.165) is 94.5 Å². The van der Waals surface area contributed by atoms with Gasteiger partial charge in [0.2, 0.25) is 0 Å². The Bertz CT molecular complexity index is 3640. The van der Waals surface area contributed by atoms with Gasteiger partial charge in [0.05, 0.1) is 5.52 Å². The van der Waals surface area contributed by atoms with Crippen molar-refractivity contribution in [3.63, 3.8) is 0 Å². The Morgan fingerprint density at radius 1 is 0.395 bits per heavy atom. The Kier molecular flexibility index (Phi) is 15.3. The molecule has 376 valence electrons. The number of rotatable bonds is 14. The van der Waals surface area contributed by atoms with Gasteiger partial charge in [0.15, 0.2) is 0 Å². The number of aromatic nitrogens is 4. The minimum atomic E-state index is 0. The number of hydrogen-bond acceptors (Lipinski definition) is 3. The molecule has 11 aromatic rings. The average Bonchev–Trinajstić information content (AvgIpc) is 3.77. The summed E-state index contributed by atoms with van der Waals surface area (Å²) in [5.41, 5.74) is 22.2. The molecular formula is C71H63IrN4. The second-order valence-corrected chi connectivity index (χ2v) is 22.6. The fourth-order valence-electron chi connectivity index (χ4n) is 10.6. The van der Waals surface area contributed by atoms with Crippen molar-refractivity contribution in [1.82, 2.24) is 19.5 Å². The van der Waals surface area contributed by atoms with Crippen LogP contribution >= 0.6 is 0 Å². The molecule has 0 fully saturated rings. The zero-order chi connectivity index (χ0) is 51.5. The molecule has 5 heteroatoms. The Balaban J connectivity index is 0.00000657. The largest absolute Gasteiger partial charge is 3.00 e. The smallest absolute Gasteiger partial charge is 0.310 e. The van der Waals surface area contributed by atoms with Crippen LogP contribution in [0.25, 0.3) is 83.5 Å². The molecule has 0 saturated heterocycles. The Labute approximate surface area is 463 Å². The summed E-state index contributed by atoms with van der Waals surface area (Å²) in [7, 11) is 0. The molecule has 0 aliphatic rings. The van der Waals surface area contributed by atoms with Gasteiger partial charge >= 0.3 is 20.1 Å². The van der Waals surface area contributed by atoms with Gasteiger partial charge in [0.1, 0.15) is 0 Å². The Morgan fingerprint density at radius 2 is 0.895 bits per heavy atom.